The second-order valence-corrected chi connectivity index (χ2v) is 4.89. The van der Waals surface area contributed by atoms with Crippen LogP contribution in [-0.4, -0.2) is 6.61 Å². The number of rotatable bonds is 3. The van der Waals surface area contributed by atoms with Gasteiger partial charge in [0, 0.05) is 0 Å². The minimum Gasteiger partial charge on any atom is -0.490 e. The van der Waals surface area contributed by atoms with Crippen LogP contribution in [0.4, 0.5) is 0 Å². The molecule has 0 aliphatic heterocycles. The van der Waals surface area contributed by atoms with Gasteiger partial charge in [-0.2, -0.15) is 0 Å². The van der Waals surface area contributed by atoms with Crippen molar-refractivity contribution in [1.29, 1.82) is 0 Å². The average Bonchev–Trinajstić information content (AvgIpc) is 2.14. The van der Waals surface area contributed by atoms with Gasteiger partial charge >= 0.3 is 0 Å². The first-order valence-corrected chi connectivity index (χ1v) is 5.34. The lowest BCUT2D eigenvalue weighted by Crippen LogP contribution is -2.01. The minimum atomic E-state index is 0.233. The molecule has 1 rings (SSSR count). The fourth-order valence-corrected chi connectivity index (χ4v) is 1.18. The smallest absolute Gasteiger partial charge is 0.119 e. The molecular weight excluding hydrogens is 184 g/mol. The number of aryl methyl sites for hydroxylation is 1. The Bertz CT molecular complexity index is 314. The van der Waals surface area contributed by atoms with Gasteiger partial charge in [-0.05, 0) is 24.5 Å². The third kappa shape index (κ3) is 5.26. The molecule has 82 valence electrons. The molecule has 0 aliphatic carbocycles. The van der Waals surface area contributed by atoms with E-state index in [0.29, 0.717) is 6.61 Å². The van der Waals surface area contributed by atoms with Gasteiger partial charge in [0.05, 0.1) is 0 Å². The van der Waals surface area contributed by atoms with Crippen LogP contribution in [0.15, 0.2) is 36.4 Å². The molecule has 1 nitrogen and oxygen atoms in total. The molecule has 0 fully saturated rings. The van der Waals surface area contributed by atoms with Gasteiger partial charge in [0.2, 0.25) is 0 Å². The van der Waals surface area contributed by atoms with Crippen molar-refractivity contribution in [2.45, 2.75) is 27.7 Å². The Morgan fingerprint density at radius 3 is 2.27 bits per heavy atom. The number of hydrogen-bond donors (Lipinski definition) is 0. The lowest BCUT2D eigenvalue weighted by molar-refractivity contribution is 0.360. The Hall–Kier alpha value is -1.24. The Morgan fingerprint density at radius 2 is 1.73 bits per heavy atom. The maximum atomic E-state index is 5.57. The van der Waals surface area contributed by atoms with Crippen molar-refractivity contribution in [3.8, 4) is 5.75 Å². The summed E-state index contributed by atoms with van der Waals surface area (Å²) in [5, 5.41) is 0. The molecule has 0 atom stereocenters. The molecule has 0 heterocycles. The molecule has 0 N–H and O–H groups in total. The normalized spacial score (nSPS) is 12.0. The Morgan fingerprint density at radius 1 is 1.13 bits per heavy atom. The van der Waals surface area contributed by atoms with Gasteiger partial charge in [-0.1, -0.05) is 50.6 Å². The Labute approximate surface area is 92.8 Å². The predicted octanol–water partition coefficient (Wildman–Crippen LogP) is 3.98. The van der Waals surface area contributed by atoms with Gasteiger partial charge in [-0.15, -0.1) is 0 Å². The highest BCUT2D eigenvalue weighted by atomic mass is 16.5. The van der Waals surface area contributed by atoms with Crippen molar-refractivity contribution in [1.82, 2.24) is 0 Å². The summed E-state index contributed by atoms with van der Waals surface area (Å²) in [5.74, 6) is 0.930. The summed E-state index contributed by atoms with van der Waals surface area (Å²) in [6, 6.07) is 8.12. The van der Waals surface area contributed by atoms with Crippen molar-refractivity contribution in [3.63, 3.8) is 0 Å². The van der Waals surface area contributed by atoms with E-state index in [1.54, 1.807) is 0 Å². The summed E-state index contributed by atoms with van der Waals surface area (Å²) < 4.78 is 5.57. The first-order valence-electron chi connectivity index (χ1n) is 5.34. The lowest BCUT2D eigenvalue weighted by atomic mass is 9.96. The van der Waals surface area contributed by atoms with Gasteiger partial charge in [-0.3, -0.25) is 0 Å². The molecule has 1 aromatic carbocycles. The molecule has 0 aromatic heterocycles. The molecule has 0 saturated heterocycles. The monoisotopic (exact) mass is 204 g/mol. The molecule has 0 unspecified atom stereocenters. The zero-order chi connectivity index (χ0) is 11.3. The second-order valence-electron chi connectivity index (χ2n) is 4.89. The molecule has 0 radical (unpaired) electrons. The number of ether oxygens (including phenoxy) is 1. The SMILES string of the molecule is Cc1ccc(OCC=CC(C)(C)C)cc1. The van der Waals surface area contributed by atoms with Crippen molar-refractivity contribution in [2.75, 3.05) is 6.61 Å². The number of hydrogen-bond acceptors (Lipinski definition) is 1. The van der Waals surface area contributed by atoms with E-state index < -0.39 is 0 Å². The molecule has 0 spiro atoms. The third-order valence-electron chi connectivity index (χ3n) is 1.99. The number of allylic oxidation sites excluding steroid dienone is 1. The van der Waals surface area contributed by atoms with E-state index in [1.807, 2.05) is 12.1 Å². The van der Waals surface area contributed by atoms with E-state index in [-0.39, 0.29) is 5.41 Å². The molecule has 15 heavy (non-hydrogen) atoms. The van der Waals surface area contributed by atoms with E-state index in [1.165, 1.54) is 5.56 Å². The van der Waals surface area contributed by atoms with Crippen LogP contribution in [0.25, 0.3) is 0 Å². The summed E-state index contributed by atoms with van der Waals surface area (Å²) in [6.45, 7) is 9.24. The molecule has 0 amide bonds. The second kappa shape index (κ2) is 5.01. The fourth-order valence-electron chi connectivity index (χ4n) is 1.18. The van der Waals surface area contributed by atoms with Crippen LogP contribution in [0, 0.1) is 12.3 Å². The van der Waals surface area contributed by atoms with E-state index in [0.717, 1.165) is 5.75 Å². The molecule has 0 saturated carbocycles. The van der Waals surface area contributed by atoms with Crippen LogP contribution in [0.3, 0.4) is 0 Å². The highest BCUT2D eigenvalue weighted by Gasteiger charge is 2.02. The third-order valence-corrected chi connectivity index (χ3v) is 1.99. The van der Waals surface area contributed by atoms with Crippen LogP contribution >= 0.6 is 0 Å². The molecular formula is C14H20O. The predicted molar refractivity (Wildman–Crippen MR) is 65.3 cm³/mol. The average molecular weight is 204 g/mol. The minimum absolute atomic E-state index is 0.233. The van der Waals surface area contributed by atoms with E-state index in [2.05, 4.69) is 52.0 Å². The highest BCUT2D eigenvalue weighted by Crippen LogP contribution is 2.15. The van der Waals surface area contributed by atoms with Gasteiger partial charge in [0.1, 0.15) is 12.4 Å². The summed E-state index contributed by atoms with van der Waals surface area (Å²) in [6.07, 6.45) is 4.24. The fraction of sp³-hybridized carbons (Fsp3) is 0.429. The van der Waals surface area contributed by atoms with Gasteiger partial charge in [0.15, 0.2) is 0 Å². The van der Waals surface area contributed by atoms with Crippen LogP contribution in [0.2, 0.25) is 0 Å². The first-order chi connectivity index (χ1) is 6.97. The van der Waals surface area contributed by atoms with Crippen LogP contribution < -0.4 is 4.74 Å². The summed E-state index contributed by atoms with van der Waals surface area (Å²) in [4.78, 5) is 0. The topological polar surface area (TPSA) is 9.23 Å². The molecule has 1 aromatic rings. The van der Waals surface area contributed by atoms with Crippen LogP contribution in [-0.2, 0) is 0 Å². The zero-order valence-corrected chi connectivity index (χ0v) is 10.1. The van der Waals surface area contributed by atoms with E-state index >= 15 is 0 Å². The molecule has 1 heteroatoms. The van der Waals surface area contributed by atoms with Crippen molar-refractivity contribution >= 4 is 0 Å². The standard InChI is InChI=1S/C14H20O/c1-12-6-8-13(9-7-12)15-11-5-10-14(2,3)4/h5-10H,11H2,1-4H3. The summed E-state index contributed by atoms with van der Waals surface area (Å²) in [5.41, 5.74) is 1.49. The first kappa shape index (κ1) is 11.8. The quantitative estimate of drug-likeness (QED) is 0.677. The van der Waals surface area contributed by atoms with Gasteiger partial charge in [0.25, 0.3) is 0 Å². The number of benzene rings is 1. The maximum absolute atomic E-state index is 5.57. The Balaban J connectivity index is 2.38. The Kier molecular flexibility index (Phi) is 3.96. The maximum Gasteiger partial charge on any atom is 0.119 e. The largest absolute Gasteiger partial charge is 0.490 e. The van der Waals surface area contributed by atoms with E-state index in [4.69, 9.17) is 4.74 Å². The van der Waals surface area contributed by atoms with Gasteiger partial charge < -0.3 is 4.74 Å². The summed E-state index contributed by atoms with van der Waals surface area (Å²) >= 11 is 0. The van der Waals surface area contributed by atoms with Crippen molar-refractivity contribution in [2.24, 2.45) is 5.41 Å². The molecule has 0 bridgehead atoms. The zero-order valence-electron chi connectivity index (χ0n) is 10.1. The van der Waals surface area contributed by atoms with E-state index in [9.17, 15) is 0 Å². The lowest BCUT2D eigenvalue weighted by Gasteiger charge is -2.11. The highest BCUT2D eigenvalue weighted by molar-refractivity contribution is 5.26. The van der Waals surface area contributed by atoms with Crippen molar-refractivity contribution < 1.29 is 4.74 Å². The summed E-state index contributed by atoms with van der Waals surface area (Å²) in [7, 11) is 0. The van der Waals surface area contributed by atoms with Crippen LogP contribution in [0.1, 0.15) is 26.3 Å². The van der Waals surface area contributed by atoms with Crippen molar-refractivity contribution in [3.05, 3.63) is 42.0 Å². The molecule has 0 aliphatic rings. The van der Waals surface area contributed by atoms with Crippen LogP contribution in [0.5, 0.6) is 5.75 Å². The van der Waals surface area contributed by atoms with Gasteiger partial charge in [-0.25, -0.2) is 0 Å².